The lowest BCUT2D eigenvalue weighted by molar-refractivity contribution is 0.0527. The third-order valence-corrected chi connectivity index (χ3v) is 4.87. The highest BCUT2D eigenvalue weighted by Crippen LogP contribution is 2.28. The lowest BCUT2D eigenvalue weighted by Crippen LogP contribution is -2.47. The molecule has 0 atom stereocenters. The molecule has 16 heavy (non-hydrogen) atoms. The van der Waals surface area contributed by atoms with E-state index in [0.717, 1.165) is 12.8 Å². The van der Waals surface area contributed by atoms with Crippen molar-refractivity contribution in [2.75, 3.05) is 19.6 Å². The number of rotatable bonds is 6. The molecule has 0 amide bonds. The number of nitrogens with zero attached hydrogens (tertiary/aromatic N) is 1. The first-order chi connectivity index (χ1) is 7.43. The van der Waals surface area contributed by atoms with Crippen LogP contribution in [0, 0.1) is 0 Å². The highest BCUT2D eigenvalue weighted by atomic mass is 32.2. The highest BCUT2D eigenvalue weighted by Gasteiger charge is 2.33. The molecule has 96 valence electrons. The Kier molecular flexibility index (Phi) is 4.73. The van der Waals surface area contributed by atoms with E-state index in [1.54, 1.807) is 13.8 Å². The van der Waals surface area contributed by atoms with Gasteiger partial charge in [-0.05, 0) is 12.8 Å². The Morgan fingerprint density at radius 2 is 1.75 bits per heavy atom. The molecule has 1 aliphatic carbocycles. The monoisotopic (exact) mass is 250 g/mol. The third-order valence-electron chi connectivity index (χ3n) is 3.16. The second-order valence-corrected chi connectivity index (χ2v) is 6.10. The van der Waals surface area contributed by atoms with E-state index in [1.165, 1.54) is 4.31 Å². The van der Waals surface area contributed by atoms with Crippen LogP contribution in [-0.4, -0.2) is 43.1 Å². The van der Waals surface area contributed by atoms with Crippen LogP contribution >= 0.6 is 0 Å². The zero-order valence-electron chi connectivity index (χ0n) is 10.1. The van der Waals surface area contributed by atoms with Crippen molar-refractivity contribution >= 4 is 10.2 Å². The molecule has 2 N–H and O–H groups in total. The van der Waals surface area contributed by atoms with Gasteiger partial charge < -0.3 is 5.11 Å². The molecule has 0 spiro atoms. The summed E-state index contributed by atoms with van der Waals surface area (Å²) in [6.07, 6.45) is 3.33. The summed E-state index contributed by atoms with van der Waals surface area (Å²) in [7, 11) is -3.42. The molecule has 0 radical (unpaired) electrons. The molecule has 0 saturated heterocycles. The largest absolute Gasteiger partial charge is 0.389 e. The lowest BCUT2D eigenvalue weighted by atomic mass is 10.0. The lowest BCUT2D eigenvalue weighted by Gasteiger charge is -2.25. The maximum Gasteiger partial charge on any atom is 0.279 e. The normalized spacial score (nSPS) is 20.5. The van der Waals surface area contributed by atoms with Crippen molar-refractivity contribution in [3.8, 4) is 0 Å². The van der Waals surface area contributed by atoms with Gasteiger partial charge in [-0.25, -0.2) is 0 Å². The van der Waals surface area contributed by atoms with Crippen LogP contribution < -0.4 is 4.72 Å². The van der Waals surface area contributed by atoms with Gasteiger partial charge in [-0.15, -0.1) is 0 Å². The second kappa shape index (κ2) is 5.44. The van der Waals surface area contributed by atoms with Gasteiger partial charge in [0.05, 0.1) is 5.60 Å². The minimum atomic E-state index is -3.42. The van der Waals surface area contributed by atoms with Gasteiger partial charge in [0.25, 0.3) is 10.2 Å². The molecule has 0 unspecified atom stereocenters. The van der Waals surface area contributed by atoms with E-state index in [0.29, 0.717) is 25.9 Å². The fourth-order valence-corrected chi connectivity index (χ4v) is 3.40. The van der Waals surface area contributed by atoms with Crippen LogP contribution in [0.1, 0.15) is 39.5 Å². The van der Waals surface area contributed by atoms with E-state index >= 15 is 0 Å². The third kappa shape index (κ3) is 3.41. The average molecular weight is 250 g/mol. The van der Waals surface area contributed by atoms with E-state index in [-0.39, 0.29) is 6.54 Å². The molecular weight excluding hydrogens is 228 g/mol. The van der Waals surface area contributed by atoms with Gasteiger partial charge >= 0.3 is 0 Å². The number of hydrogen-bond donors (Lipinski definition) is 2. The summed E-state index contributed by atoms with van der Waals surface area (Å²) in [4.78, 5) is 0. The Bertz CT molecular complexity index is 306. The molecule has 6 heteroatoms. The van der Waals surface area contributed by atoms with Crippen LogP contribution in [0.5, 0.6) is 0 Å². The topological polar surface area (TPSA) is 69.6 Å². The predicted molar refractivity (Wildman–Crippen MR) is 63.3 cm³/mol. The number of aliphatic hydroxyl groups is 1. The smallest absolute Gasteiger partial charge is 0.279 e. The molecule has 0 aromatic carbocycles. The SMILES string of the molecule is CCN(CC)S(=O)(=O)NCC1(O)CCCC1. The van der Waals surface area contributed by atoms with Crippen LogP contribution in [0.15, 0.2) is 0 Å². The predicted octanol–water partition coefficient (Wildman–Crippen LogP) is 0.468. The van der Waals surface area contributed by atoms with Crippen molar-refractivity contribution in [1.82, 2.24) is 9.03 Å². The highest BCUT2D eigenvalue weighted by molar-refractivity contribution is 7.87. The van der Waals surface area contributed by atoms with Crippen LogP contribution in [-0.2, 0) is 10.2 Å². The quantitative estimate of drug-likeness (QED) is 0.720. The number of hydrogen-bond acceptors (Lipinski definition) is 3. The maximum absolute atomic E-state index is 11.8. The summed E-state index contributed by atoms with van der Waals surface area (Å²) in [6.45, 7) is 4.63. The summed E-state index contributed by atoms with van der Waals surface area (Å²) in [6, 6.07) is 0. The Balaban J connectivity index is 2.53. The van der Waals surface area contributed by atoms with E-state index in [9.17, 15) is 13.5 Å². The summed E-state index contributed by atoms with van der Waals surface area (Å²) >= 11 is 0. The van der Waals surface area contributed by atoms with Gasteiger partial charge in [0, 0.05) is 19.6 Å². The second-order valence-electron chi connectivity index (χ2n) is 4.34. The maximum atomic E-state index is 11.8. The molecular formula is C10H22N2O3S. The zero-order chi connectivity index (χ0) is 12.2. The Hall–Kier alpha value is -0.170. The molecule has 5 nitrogen and oxygen atoms in total. The van der Waals surface area contributed by atoms with Crippen molar-refractivity contribution < 1.29 is 13.5 Å². The molecule has 0 bridgehead atoms. The van der Waals surface area contributed by atoms with Crippen molar-refractivity contribution in [2.24, 2.45) is 0 Å². The van der Waals surface area contributed by atoms with E-state index in [4.69, 9.17) is 0 Å². The summed E-state index contributed by atoms with van der Waals surface area (Å²) in [5.41, 5.74) is -0.833. The van der Waals surface area contributed by atoms with Crippen molar-refractivity contribution in [3.05, 3.63) is 0 Å². The summed E-state index contributed by atoms with van der Waals surface area (Å²) in [5, 5.41) is 10.0. The van der Waals surface area contributed by atoms with Crippen molar-refractivity contribution in [2.45, 2.75) is 45.1 Å². The molecule has 1 fully saturated rings. The summed E-state index contributed by atoms with van der Waals surface area (Å²) < 4.78 is 27.4. The average Bonchev–Trinajstić information content (AvgIpc) is 2.65. The van der Waals surface area contributed by atoms with Gasteiger partial charge in [0.2, 0.25) is 0 Å². The minimum Gasteiger partial charge on any atom is -0.389 e. The standard InChI is InChI=1S/C10H22N2O3S/c1-3-12(4-2)16(14,15)11-9-10(13)7-5-6-8-10/h11,13H,3-9H2,1-2H3. The van der Waals surface area contributed by atoms with Crippen LogP contribution in [0.25, 0.3) is 0 Å². The van der Waals surface area contributed by atoms with Gasteiger partial charge in [-0.1, -0.05) is 26.7 Å². The fraction of sp³-hybridized carbons (Fsp3) is 1.00. The molecule has 0 aromatic heterocycles. The Morgan fingerprint density at radius 3 is 2.19 bits per heavy atom. The van der Waals surface area contributed by atoms with Crippen molar-refractivity contribution in [1.29, 1.82) is 0 Å². The van der Waals surface area contributed by atoms with Crippen LogP contribution in [0.3, 0.4) is 0 Å². The molecule has 1 saturated carbocycles. The van der Waals surface area contributed by atoms with E-state index in [1.807, 2.05) is 0 Å². The zero-order valence-corrected chi connectivity index (χ0v) is 10.9. The number of nitrogens with one attached hydrogen (secondary N) is 1. The van der Waals surface area contributed by atoms with E-state index in [2.05, 4.69) is 4.72 Å². The van der Waals surface area contributed by atoms with Gasteiger partial charge in [0.1, 0.15) is 0 Å². The fourth-order valence-electron chi connectivity index (χ4n) is 2.09. The first-order valence-electron chi connectivity index (χ1n) is 5.90. The summed E-state index contributed by atoms with van der Waals surface area (Å²) in [5.74, 6) is 0. The van der Waals surface area contributed by atoms with Gasteiger partial charge in [-0.3, -0.25) is 0 Å². The molecule has 1 aliphatic rings. The van der Waals surface area contributed by atoms with Crippen LogP contribution in [0.2, 0.25) is 0 Å². The minimum absolute atomic E-state index is 0.131. The Labute approximate surface area is 98.0 Å². The first-order valence-corrected chi connectivity index (χ1v) is 7.34. The van der Waals surface area contributed by atoms with E-state index < -0.39 is 15.8 Å². The first kappa shape index (κ1) is 13.9. The Morgan fingerprint density at radius 1 is 1.25 bits per heavy atom. The molecule has 0 heterocycles. The molecule has 0 aromatic rings. The molecule has 0 aliphatic heterocycles. The van der Waals surface area contributed by atoms with Gasteiger partial charge in [-0.2, -0.15) is 17.4 Å². The molecule has 1 rings (SSSR count). The van der Waals surface area contributed by atoms with Crippen molar-refractivity contribution in [3.63, 3.8) is 0 Å². The van der Waals surface area contributed by atoms with Gasteiger partial charge in [0.15, 0.2) is 0 Å². The van der Waals surface area contributed by atoms with Crippen LogP contribution in [0.4, 0.5) is 0 Å².